The van der Waals surface area contributed by atoms with E-state index in [0.717, 1.165) is 42.0 Å². The Morgan fingerprint density at radius 1 is 0.844 bits per heavy atom. The molecule has 12 heteroatoms. The molecule has 0 aliphatic rings. The summed E-state index contributed by atoms with van der Waals surface area (Å²) in [6.07, 6.45) is -4.86. The number of nitrogens with two attached hydrogens (primary N) is 1. The molecule has 0 spiro atoms. The minimum absolute atomic E-state index is 0.0733. The normalized spacial score (nSPS) is 12.4. The lowest BCUT2D eigenvalue weighted by molar-refractivity contribution is -0.138. The summed E-state index contributed by atoms with van der Waals surface area (Å²) >= 11 is 0. The average Bonchev–Trinajstić information content (AvgIpc) is 2.68. The molecule has 3 N–H and O–H groups in total. The molecule has 7 nitrogen and oxygen atoms in total. The molecule has 32 heavy (non-hydrogen) atoms. The highest BCUT2D eigenvalue weighted by atomic mass is 32.2. The van der Waals surface area contributed by atoms with Crippen molar-refractivity contribution in [2.45, 2.75) is 22.9 Å². The molecular formula is C20H17F3N2O5S2. The Balaban J connectivity index is 1.92. The van der Waals surface area contributed by atoms with Crippen molar-refractivity contribution in [1.82, 2.24) is 0 Å². The van der Waals surface area contributed by atoms with E-state index in [1.807, 2.05) is 0 Å². The molecule has 0 aliphatic heterocycles. The zero-order chi connectivity index (χ0) is 23.7. The molecule has 0 heterocycles. The molecule has 0 aromatic heterocycles. The summed E-state index contributed by atoms with van der Waals surface area (Å²) in [5.41, 5.74) is -0.714. The van der Waals surface area contributed by atoms with Crippen LogP contribution in [0.4, 0.5) is 18.9 Å². The molecule has 0 saturated heterocycles. The highest BCUT2D eigenvalue weighted by Crippen LogP contribution is 2.40. The molecule has 0 radical (unpaired) electrons. The van der Waals surface area contributed by atoms with Crippen molar-refractivity contribution in [3.8, 4) is 11.5 Å². The van der Waals surface area contributed by atoms with Gasteiger partial charge in [-0.25, -0.2) is 22.0 Å². The van der Waals surface area contributed by atoms with Gasteiger partial charge in [0.2, 0.25) is 10.0 Å². The summed E-state index contributed by atoms with van der Waals surface area (Å²) < 4.78 is 95.7. The van der Waals surface area contributed by atoms with Gasteiger partial charge >= 0.3 is 6.18 Å². The van der Waals surface area contributed by atoms with E-state index in [4.69, 9.17) is 9.88 Å². The summed E-state index contributed by atoms with van der Waals surface area (Å²) in [4.78, 5) is -0.339. The van der Waals surface area contributed by atoms with E-state index in [1.165, 1.54) is 12.1 Å². The third kappa shape index (κ3) is 5.58. The van der Waals surface area contributed by atoms with Crippen LogP contribution in [0.2, 0.25) is 0 Å². The molecule has 170 valence electrons. The van der Waals surface area contributed by atoms with Gasteiger partial charge in [0.25, 0.3) is 10.0 Å². The van der Waals surface area contributed by atoms with E-state index >= 15 is 0 Å². The molecule has 0 fully saturated rings. The Labute approximate surface area is 182 Å². The lowest BCUT2D eigenvalue weighted by Gasteiger charge is -2.16. The highest BCUT2D eigenvalue weighted by Gasteiger charge is 2.35. The van der Waals surface area contributed by atoms with Crippen LogP contribution < -0.4 is 14.6 Å². The minimum atomic E-state index is -4.86. The molecule has 3 rings (SSSR count). The van der Waals surface area contributed by atoms with Crippen molar-refractivity contribution >= 4 is 25.7 Å². The highest BCUT2D eigenvalue weighted by molar-refractivity contribution is 7.92. The topological polar surface area (TPSA) is 116 Å². The lowest BCUT2D eigenvalue weighted by Crippen LogP contribution is -2.14. The Morgan fingerprint density at radius 3 is 1.94 bits per heavy atom. The predicted octanol–water partition coefficient (Wildman–Crippen LogP) is 4.25. The van der Waals surface area contributed by atoms with Crippen LogP contribution >= 0.6 is 0 Å². The molecule has 0 atom stereocenters. The van der Waals surface area contributed by atoms with Crippen LogP contribution in [0, 0.1) is 6.92 Å². The fraction of sp³-hybridized carbons (Fsp3) is 0.100. The number of hydrogen-bond donors (Lipinski definition) is 2. The van der Waals surface area contributed by atoms with Gasteiger partial charge in [-0.3, -0.25) is 4.72 Å². The molecule has 0 saturated carbocycles. The smallest absolute Gasteiger partial charge is 0.420 e. The van der Waals surface area contributed by atoms with Crippen molar-refractivity contribution < 1.29 is 34.7 Å². The zero-order valence-electron chi connectivity index (χ0n) is 16.4. The number of benzene rings is 3. The number of primary sulfonamides is 1. The SMILES string of the molecule is Cc1ccc(S(=O)(=O)Nc2ccc(Oc3ccc(S(N)(=O)=O)cc3)c(C(F)(F)F)c2)cc1. The van der Waals surface area contributed by atoms with E-state index in [-0.39, 0.29) is 21.2 Å². The van der Waals surface area contributed by atoms with E-state index in [9.17, 15) is 30.0 Å². The number of halogens is 3. The van der Waals surface area contributed by atoms with Crippen LogP contribution in [0.15, 0.2) is 76.5 Å². The van der Waals surface area contributed by atoms with Crippen LogP contribution in [0.5, 0.6) is 11.5 Å². The fourth-order valence-corrected chi connectivity index (χ4v) is 4.22. The van der Waals surface area contributed by atoms with Crippen molar-refractivity contribution in [3.63, 3.8) is 0 Å². The fourth-order valence-electron chi connectivity index (χ4n) is 2.66. The van der Waals surface area contributed by atoms with Gasteiger partial charge in [0.05, 0.1) is 9.79 Å². The summed E-state index contributed by atoms with van der Waals surface area (Å²) in [5.74, 6) is -0.671. The van der Waals surface area contributed by atoms with Crippen molar-refractivity contribution in [2.24, 2.45) is 5.14 Å². The first kappa shape index (κ1) is 23.6. The Morgan fingerprint density at radius 2 is 1.41 bits per heavy atom. The quantitative estimate of drug-likeness (QED) is 0.540. The van der Waals surface area contributed by atoms with Gasteiger partial charge in [-0.15, -0.1) is 0 Å². The number of sulfonamides is 2. The summed E-state index contributed by atoms with van der Waals surface area (Å²) in [6.45, 7) is 1.76. The minimum Gasteiger partial charge on any atom is -0.457 e. The maximum atomic E-state index is 13.6. The molecule has 0 bridgehead atoms. The number of nitrogens with one attached hydrogen (secondary N) is 1. The van der Waals surface area contributed by atoms with Crippen LogP contribution in [-0.2, 0) is 26.2 Å². The van der Waals surface area contributed by atoms with E-state index in [2.05, 4.69) is 4.72 Å². The van der Waals surface area contributed by atoms with Crippen molar-refractivity contribution in [2.75, 3.05) is 4.72 Å². The maximum Gasteiger partial charge on any atom is 0.420 e. The molecule has 0 unspecified atom stereocenters. The second-order valence-corrected chi connectivity index (χ2v) is 9.99. The predicted molar refractivity (Wildman–Crippen MR) is 111 cm³/mol. The number of rotatable bonds is 6. The van der Waals surface area contributed by atoms with E-state index < -0.39 is 37.5 Å². The Kier molecular flexibility index (Phi) is 6.22. The first-order valence-corrected chi connectivity index (χ1v) is 11.9. The van der Waals surface area contributed by atoms with Crippen molar-refractivity contribution in [3.05, 3.63) is 77.9 Å². The largest absolute Gasteiger partial charge is 0.457 e. The lowest BCUT2D eigenvalue weighted by atomic mass is 10.1. The van der Waals surface area contributed by atoms with Gasteiger partial charge in [-0.05, 0) is 61.5 Å². The molecule has 3 aromatic carbocycles. The average molecular weight is 486 g/mol. The maximum absolute atomic E-state index is 13.6. The standard InChI is InChI=1S/C20H17F3N2O5S2/c1-13-2-7-17(8-3-13)32(28,29)25-14-4-11-19(18(12-14)20(21,22)23)30-15-5-9-16(10-6-15)31(24,26)27/h2-12,25H,1H3,(H2,24,26,27). The number of ether oxygens (including phenoxy) is 1. The molecule has 3 aromatic rings. The first-order chi connectivity index (χ1) is 14.8. The van der Waals surface area contributed by atoms with Gasteiger partial charge in [-0.2, -0.15) is 13.2 Å². The van der Waals surface area contributed by atoms with Crippen LogP contribution in [0.3, 0.4) is 0 Å². The monoisotopic (exact) mass is 486 g/mol. The number of alkyl halides is 3. The number of hydrogen-bond acceptors (Lipinski definition) is 5. The molecule has 0 amide bonds. The second kappa shape index (κ2) is 8.45. The number of anilines is 1. The van der Waals surface area contributed by atoms with Gasteiger partial charge in [0, 0.05) is 5.69 Å². The van der Waals surface area contributed by atoms with Crippen LogP contribution in [-0.4, -0.2) is 16.8 Å². The first-order valence-electron chi connectivity index (χ1n) is 8.87. The molecular weight excluding hydrogens is 469 g/mol. The van der Waals surface area contributed by atoms with Crippen LogP contribution in [0.1, 0.15) is 11.1 Å². The van der Waals surface area contributed by atoms with Crippen LogP contribution in [0.25, 0.3) is 0 Å². The van der Waals surface area contributed by atoms with E-state index in [1.54, 1.807) is 19.1 Å². The third-order valence-electron chi connectivity index (χ3n) is 4.25. The van der Waals surface area contributed by atoms with E-state index in [0.29, 0.717) is 6.07 Å². The van der Waals surface area contributed by atoms with Gasteiger partial charge in [-0.1, -0.05) is 17.7 Å². The van der Waals surface area contributed by atoms with Gasteiger partial charge in [0.1, 0.15) is 17.1 Å². The summed E-state index contributed by atoms with van der Waals surface area (Å²) in [7, 11) is -8.08. The summed E-state index contributed by atoms with van der Waals surface area (Å²) in [5, 5.41) is 4.98. The van der Waals surface area contributed by atoms with Gasteiger partial charge in [0.15, 0.2) is 0 Å². The third-order valence-corrected chi connectivity index (χ3v) is 6.57. The second-order valence-electron chi connectivity index (χ2n) is 6.75. The van der Waals surface area contributed by atoms with Gasteiger partial charge < -0.3 is 4.74 Å². The number of aryl methyl sites for hydroxylation is 1. The Hall–Kier alpha value is -3.09. The zero-order valence-corrected chi connectivity index (χ0v) is 18.1. The summed E-state index contributed by atoms with van der Waals surface area (Å²) in [6, 6.07) is 13.0. The molecule has 0 aliphatic carbocycles. The Bertz CT molecular complexity index is 1340. The van der Waals surface area contributed by atoms with Crippen molar-refractivity contribution in [1.29, 1.82) is 0 Å².